The van der Waals surface area contributed by atoms with Gasteiger partial charge in [0.1, 0.15) is 5.75 Å². The van der Waals surface area contributed by atoms with E-state index in [1.807, 2.05) is 12.1 Å². The highest BCUT2D eigenvalue weighted by Crippen LogP contribution is 2.54. The van der Waals surface area contributed by atoms with Crippen molar-refractivity contribution in [1.29, 1.82) is 0 Å². The number of fused-ring (bicyclic) bond motifs is 1. The van der Waals surface area contributed by atoms with Crippen LogP contribution in [0.5, 0.6) is 5.75 Å². The summed E-state index contributed by atoms with van der Waals surface area (Å²) in [7, 11) is 0. The van der Waals surface area contributed by atoms with Crippen molar-refractivity contribution >= 4 is 5.91 Å². The summed E-state index contributed by atoms with van der Waals surface area (Å²) in [6.07, 6.45) is 6.07. The van der Waals surface area contributed by atoms with E-state index >= 15 is 0 Å². The van der Waals surface area contributed by atoms with Crippen molar-refractivity contribution in [1.82, 2.24) is 9.80 Å². The molecule has 0 radical (unpaired) electrons. The van der Waals surface area contributed by atoms with Crippen molar-refractivity contribution in [3.8, 4) is 5.75 Å². The zero-order valence-electron chi connectivity index (χ0n) is 15.4. The number of aromatic hydroxyl groups is 1. The molecule has 1 unspecified atom stereocenters. The molecule has 140 valence electrons. The van der Waals surface area contributed by atoms with Gasteiger partial charge in [0.25, 0.3) is 0 Å². The average Bonchev–Trinajstić information content (AvgIpc) is 3.41. The maximum absolute atomic E-state index is 11.5. The van der Waals surface area contributed by atoms with Crippen LogP contribution in [-0.4, -0.2) is 59.6 Å². The number of nitrogens with two attached hydrogens (primary N) is 1. The zero-order chi connectivity index (χ0) is 17.9. The lowest BCUT2D eigenvalue weighted by atomic mass is 9.54. The molecule has 0 aromatic heterocycles. The molecule has 1 amide bonds. The van der Waals surface area contributed by atoms with Crippen LogP contribution in [-0.2, 0) is 16.6 Å². The Bertz CT molecular complexity index is 732. The molecule has 2 aliphatic heterocycles. The van der Waals surface area contributed by atoms with Crippen molar-refractivity contribution in [2.24, 2.45) is 17.6 Å². The second kappa shape index (κ2) is 5.96. The number of likely N-dealkylation sites (tertiary alicyclic amines) is 2. The van der Waals surface area contributed by atoms with Crippen LogP contribution in [0.25, 0.3) is 0 Å². The summed E-state index contributed by atoms with van der Waals surface area (Å²) < 4.78 is 0. The van der Waals surface area contributed by atoms with Crippen LogP contribution in [0.4, 0.5) is 0 Å². The maximum atomic E-state index is 11.5. The molecule has 1 aromatic carbocycles. The topological polar surface area (TPSA) is 69.8 Å². The van der Waals surface area contributed by atoms with Gasteiger partial charge in [-0.05, 0) is 80.3 Å². The third kappa shape index (κ3) is 2.64. The van der Waals surface area contributed by atoms with Gasteiger partial charge in [0.05, 0.1) is 6.54 Å². The van der Waals surface area contributed by atoms with Gasteiger partial charge in [0.2, 0.25) is 5.91 Å². The highest BCUT2D eigenvalue weighted by molar-refractivity contribution is 5.76. The Morgan fingerprint density at radius 1 is 1.27 bits per heavy atom. The van der Waals surface area contributed by atoms with Gasteiger partial charge in [-0.2, -0.15) is 0 Å². The maximum Gasteiger partial charge on any atom is 0.231 e. The van der Waals surface area contributed by atoms with Gasteiger partial charge in [-0.25, -0.2) is 0 Å². The van der Waals surface area contributed by atoms with E-state index in [-0.39, 0.29) is 11.3 Å². The molecule has 5 heteroatoms. The fourth-order valence-corrected chi connectivity index (χ4v) is 6.05. The van der Waals surface area contributed by atoms with Crippen LogP contribution < -0.4 is 5.73 Å². The summed E-state index contributed by atoms with van der Waals surface area (Å²) in [5, 5.41) is 10.1. The number of phenolic OH excluding ortho intramolecular Hbond substituents is 1. The van der Waals surface area contributed by atoms with Crippen LogP contribution in [0.1, 0.15) is 36.8 Å². The lowest BCUT2D eigenvalue weighted by Crippen LogP contribution is -2.66. The minimum Gasteiger partial charge on any atom is -0.508 e. The van der Waals surface area contributed by atoms with Gasteiger partial charge in [0, 0.05) is 24.5 Å². The average molecular weight is 355 g/mol. The van der Waals surface area contributed by atoms with Crippen LogP contribution in [0.15, 0.2) is 18.2 Å². The van der Waals surface area contributed by atoms with Gasteiger partial charge in [-0.3, -0.25) is 14.6 Å². The number of carbonyl (C=O) groups is 1. The third-order valence-electron chi connectivity index (χ3n) is 7.45. The fourth-order valence-electron chi connectivity index (χ4n) is 6.05. The smallest absolute Gasteiger partial charge is 0.231 e. The lowest BCUT2D eigenvalue weighted by molar-refractivity contribution is -0.121. The van der Waals surface area contributed by atoms with Crippen LogP contribution in [0, 0.1) is 11.8 Å². The van der Waals surface area contributed by atoms with E-state index in [1.54, 1.807) is 0 Å². The SMILES string of the molecule is NC(=O)CN1CC[C@]23CCN(CC4CC4)[C@H](Cc4ccc(O)cc42)C3C1. The van der Waals surface area contributed by atoms with Crippen molar-refractivity contribution < 1.29 is 9.90 Å². The first-order chi connectivity index (χ1) is 12.5. The van der Waals surface area contributed by atoms with Crippen molar-refractivity contribution in [2.45, 2.75) is 43.6 Å². The lowest BCUT2D eigenvalue weighted by Gasteiger charge is -2.60. The normalized spacial score (nSPS) is 34.2. The van der Waals surface area contributed by atoms with Crippen LogP contribution >= 0.6 is 0 Å². The number of rotatable bonds is 4. The summed E-state index contributed by atoms with van der Waals surface area (Å²) >= 11 is 0. The van der Waals surface area contributed by atoms with Crippen LogP contribution in [0.2, 0.25) is 0 Å². The minimum atomic E-state index is -0.227. The van der Waals surface area contributed by atoms with Crippen molar-refractivity contribution in [2.75, 3.05) is 32.7 Å². The minimum absolute atomic E-state index is 0.158. The van der Waals surface area contributed by atoms with E-state index in [0.717, 1.165) is 31.8 Å². The highest BCUT2D eigenvalue weighted by atomic mass is 16.3. The molecule has 0 spiro atoms. The molecule has 3 atom stereocenters. The number of phenols is 1. The first kappa shape index (κ1) is 16.6. The predicted molar refractivity (Wildman–Crippen MR) is 99.9 cm³/mol. The Balaban J connectivity index is 1.52. The van der Waals surface area contributed by atoms with Crippen molar-refractivity contribution in [3.05, 3.63) is 29.3 Å². The van der Waals surface area contributed by atoms with E-state index in [2.05, 4.69) is 15.9 Å². The zero-order valence-corrected chi connectivity index (χ0v) is 15.4. The summed E-state index contributed by atoms with van der Waals surface area (Å²) in [5.41, 5.74) is 8.44. The molecular weight excluding hydrogens is 326 g/mol. The highest BCUT2D eigenvalue weighted by Gasteiger charge is 2.55. The molecule has 5 rings (SSSR count). The number of hydrogen-bond donors (Lipinski definition) is 2. The summed E-state index contributed by atoms with van der Waals surface area (Å²) in [6.45, 7) is 4.64. The molecule has 3 fully saturated rings. The second-order valence-corrected chi connectivity index (χ2v) is 9.02. The molecular formula is C21H29N3O2. The van der Waals surface area contributed by atoms with E-state index in [1.165, 1.54) is 43.5 Å². The Kier molecular flexibility index (Phi) is 3.80. The molecule has 2 saturated heterocycles. The van der Waals surface area contributed by atoms with E-state index in [9.17, 15) is 9.90 Å². The van der Waals surface area contributed by atoms with Crippen molar-refractivity contribution in [3.63, 3.8) is 0 Å². The molecule has 1 aromatic rings. The first-order valence-corrected chi connectivity index (χ1v) is 10.1. The van der Waals surface area contributed by atoms with Gasteiger partial charge >= 0.3 is 0 Å². The standard InChI is InChI=1S/C21H29N3O2/c22-20(26)13-23-7-5-21-6-8-24(11-14-1-2-14)19(18(21)12-23)9-15-3-4-16(25)10-17(15)21/h3-4,10,14,18-19,25H,1-2,5-9,11-13H2,(H2,22,26)/t18?,19-,21+/m1/s1. The molecule has 4 aliphatic rings. The Hall–Kier alpha value is -1.59. The number of primary amides is 1. The largest absolute Gasteiger partial charge is 0.508 e. The molecule has 3 N–H and O–H groups in total. The van der Waals surface area contributed by atoms with Gasteiger partial charge in [-0.15, -0.1) is 0 Å². The third-order valence-corrected chi connectivity index (χ3v) is 7.45. The van der Waals surface area contributed by atoms with Gasteiger partial charge in [0.15, 0.2) is 0 Å². The molecule has 2 aliphatic carbocycles. The fraction of sp³-hybridized carbons (Fsp3) is 0.667. The number of hydrogen-bond acceptors (Lipinski definition) is 4. The monoisotopic (exact) mass is 355 g/mol. The number of carbonyl (C=O) groups excluding carboxylic acids is 1. The molecule has 1 saturated carbocycles. The Morgan fingerprint density at radius 2 is 2.08 bits per heavy atom. The predicted octanol–water partition coefficient (Wildman–Crippen LogP) is 1.48. The molecule has 2 bridgehead atoms. The van der Waals surface area contributed by atoms with E-state index in [4.69, 9.17) is 5.73 Å². The summed E-state index contributed by atoms with van der Waals surface area (Å²) in [4.78, 5) is 16.5. The van der Waals surface area contributed by atoms with Gasteiger partial charge in [-0.1, -0.05) is 6.07 Å². The quantitative estimate of drug-likeness (QED) is 0.858. The number of piperidine rings is 2. The molecule has 2 heterocycles. The molecule has 5 nitrogen and oxygen atoms in total. The van der Waals surface area contributed by atoms with Gasteiger partial charge < -0.3 is 10.8 Å². The Labute approximate surface area is 155 Å². The Morgan fingerprint density at radius 3 is 2.85 bits per heavy atom. The molecule has 26 heavy (non-hydrogen) atoms. The van der Waals surface area contributed by atoms with E-state index < -0.39 is 0 Å². The van der Waals surface area contributed by atoms with E-state index in [0.29, 0.717) is 24.3 Å². The second-order valence-electron chi connectivity index (χ2n) is 9.02. The summed E-state index contributed by atoms with van der Waals surface area (Å²) in [6, 6.07) is 6.57. The number of amides is 1. The number of nitrogens with zero attached hydrogens (tertiary/aromatic N) is 2. The van der Waals surface area contributed by atoms with Crippen LogP contribution in [0.3, 0.4) is 0 Å². The summed E-state index contributed by atoms with van der Waals surface area (Å²) in [5.74, 6) is 1.58. The number of benzene rings is 1. The first-order valence-electron chi connectivity index (χ1n) is 10.1.